The molecule has 1 aromatic heterocycles. The molecule has 1 aliphatic rings. The summed E-state index contributed by atoms with van der Waals surface area (Å²) in [6, 6.07) is 5.01. The molecule has 3 rings (SSSR count). The van der Waals surface area contributed by atoms with Crippen LogP contribution in [0.25, 0.3) is 0 Å². The van der Waals surface area contributed by atoms with Gasteiger partial charge in [0.1, 0.15) is 22.1 Å². The Balaban J connectivity index is 1.92. The van der Waals surface area contributed by atoms with Crippen molar-refractivity contribution in [3.8, 4) is 0 Å². The van der Waals surface area contributed by atoms with Gasteiger partial charge in [-0.1, -0.05) is 0 Å². The number of rotatable bonds is 3. The van der Waals surface area contributed by atoms with Crippen LogP contribution in [0.5, 0.6) is 0 Å². The molecule has 1 fully saturated rings. The standard InChI is InChI=1S/C14H12Br2FN3/c1-7-4-9(15)10(17)5-11(7)18-13-6-12(16)19-14(20-13)8-2-3-8/h4-6,8H,2-3H2,1H3,(H,18,19,20). The van der Waals surface area contributed by atoms with Gasteiger partial charge in [-0.25, -0.2) is 14.4 Å². The fraction of sp³-hybridized carbons (Fsp3) is 0.286. The quantitative estimate of drug-likeness (QED) is 0.730. The van der Waals surface area contributed by atoms with E-state index in [1.165, 1.54) is 6.07 Å². The van der Waals surface area contributed by atoms with Gasteiger partial charge in [0, 0.05) is 17.7 Å². The van der Waals surface area contributed by atoms with Crippen molar-refractivity contribution in [3.63, 3.8) is 0 Å². The minimum absolute atomic E-state index is 0.298. The first-order valence-corrected chi connectivity index (χ1v) is 7.88. The van der Waals surface area contributed by atoms with Crippen molar-refractivity contribution < 1.29 is 4.39 Å². The van der Waals surface area contributed by atoms with Crippen LogP contribution in [-0.2, 0) is 0 Å². The summed E-state index contributed by atoms with van der Waals surface area (Å²) in [4.78, 5) is 8.87. The van der Waals surface area contributed by atoms with E-state index < -0.39 is 0 Å². The average molecular weight is 401 g/mol. The number of benzene rings is 1. The molecule has 1 saturated carbocycles. The number of aryl methyl sites for hydroxylation is 1. The lowest BCUT2D eigenvalue weighted by atomic mass is 10.2. The molecule has 2 aromatic rings. The summed E-state index contributed by atoms with van der Waals surface area (Å²) in [6.07, 6.45) is 2.28. The van der Waals surface area contributed by atoms with E-state index in [1.807, 2.05) is 6.92 Å². The highest BCUT2D eigenvalue weighted by Gasteiger charge is 2.27. The van der Waals surface area contributed by atoms with E-state index >= 15 is 0 Å². The fourth-order valence-corrected chi connectivity index (χ4v) is 2.80. The van der Waals surface area contributed by atoms with E-state index in [4.69, 9.17) is 0 Å². The zero-order valence-electron chi connectivity index (χ0n) is 10.8. The van der Waals surface area contributed by atoms with Crippen molar-refractivity contribution in [2.24, 2.45) is 0 Å². The first-order chi connectivity index (χ1) is 9.52. The monoisotopic (exact) mass is 399 g/mol. The topological polar surface area (TPSA) is 37.8 Å². The SMILES string of the molecule is Cc1cc(Br)c(F)cc1Nc1cc(Br)nc(C2CC2)n1. The first-order valence-electron chi connectivity index (χ1n) is 6.30. The van der Waals surface area contributed by atoms with Gasteiger partial charge in [-0.3, -0.25) is 0 Å². The van der Waals surface area contributed by atoms with Crippen LogP contribution in [0.1, 0.15) is 30.1 Å². The lowest BCUT2D eigenvalue weighted by Crippen LogP contribution is -2.01. The number of aromatic nitrogens is 2. The van der Waals surface area contributed by atoms with Crippen LogP contribution in [0.2, 0.25) is 0 Å². The van der Waals surface area contributed by atoms with Crippen molar-refractivity contribution >= 4 is 43.4 Å². The molecule has 0 unspecified atom stereocenters. The molecule has 0 aliphatic heterocycles. The highest BCUT2D eigenvalue weighted by atomic mass is 79.9. The molecule has 1 N–H and O–H groups in total. The predicted octanol–water partition coefficient (Wildman–Crippen LogP) is 5.07. The Hall–Kier alpha value is -1.01. The van der Waals surface area contributed by atoms with Gasteiger partial charge in [0.25, 0.3) is 0 Å². The van der Waals surface area contributed by atoms with Gasteiger partial charge in [0.05, 0.1) is 4.47 Å². The van der Waals surface area contributed by atoms with Crippen molar-refractivity contribution in [3.05, 3.63) is 44.5 Å². The maximum absolute atomic E-state index is 13.6. The first kappa shape index (κ1) is 13.9. The molecule has 0 bridgehead atoms. The molecule has 0 spiro atoms. The van der Waals surface area contributed by atoms with Gasteiger partial charge in [-0.15, -0.1) is 0 Å². The molecule has 0 amide bonds. The molecule has 1 aromatic carbocycles. The normalized spacial score (nSPS) is 14.4. The lowest BCUT2D eigenvalue weighted by Gasteiger charge is -2.11. The number of halogens is 3. The molecule has 20 heavy (non-hydrogen) atoms. The van der Waals surface area contributed by atoms with E-state index in [0.29, 0.717) is 21.9 Å². The van der Waals surface area contributed by atoms with Gasteiger partial charge >= 0.3 is 0 Å². The summed E-state index contributed by atoms with van der Waals surface area (Å²) < 4.78 is 14.8. The van der Waals surface area contributed by atoms with Gasteiger partial charge in [0.15, 0.2) is 0 Å². The predicted molar refractivity (Wildman–Crippen MR) is 83.8 cm³/mol. The van der Waals surface area contributed by atoms with Gasteiger partial charge in [-0.2, -0.15) is 0 Å². The minimum Gasteiger partial charge on any atom is -0.340 e. The smallest absolute Gasteiger partial charge is 0.139 e. The molecule has 6 heteroatoms. The maximum Gasteiger partial charge on any atom is 0.139 e. The van der Waals surface area contributed by atoms with Gasteiger partial charge in [0.2, 0.25) is 0 Å². The van der Waals surface area contributed by atoms with Crippen LogP contribution in [0.3, 0.4) is 0 Å². The summed E-state index contributed by atoms with van der Waals surface area (Å²) in [5.41, 5.74) is 1.65. The number of nitrogens with zero attached hydrogens (tertiary/aromatic N) is 2. The highest BCUT2D eigenvalue weighted by Crippen LogP contribution is 2.39. The highest BCUT2D eigenvalue weighted by molar-refractivity contribution is 9.10. The minimum atomic E-state index is -0.298. The molecule has 0 atom stereocenters. The van der Waals surface area contributed by atoms with E-state index in [2.05, 4.69) is 47.1 Å². The molecule has 0 saturated heterocycles. The van der Waals surface area contributed by atoms with Gasteiger partial charge in [-0.05, 0) is 69.3 Å². The Morgan fingerprint density at radius 3 is 2.65 bits per heavy atom. The largest absolute Gasteiger partial charge is 0.340 e. The van der Waals surface area contributed by atoms with E-state index in [0.717, 1.165) is 28.8 Å². The van der Waals surface area contributed by atoms with Gasteiger partial charge < -0.3 is 5.32 Å². The second-order valence-corrected chi connectivity index (χ2v) is 6.58. The molecule has 3 nitrogen and oxygen atoms in total. The molecule has 1 aliphatic carbocycles. The van der Waals surface area contributed by atoms with E-state index in [9.17, 15) is 4.39 Å². The number of hydrogen-bond acceptors (Lipinski definition) is 3. The Kier molecular flexibility index (Phi) is 3.77. The van der Waals surface area contributed by atoms with Crippen LogP contribution in [-0.4, -0.2) is 9.97 Å². The average Bonchev–Trinajstić information content (AvgIpc) is 3.19. The van der Waals surface area contributed by atoms with Crippen LogP contribution in [0, 0.1) is 12.7 Å². The third-order valence-corrected chi connectivity index (χ3v) is 4.20. The van der Waals surface area contributed by atoms with Crippen molar-refractivity contribution in [1.29, 1.82) is 0 Å². The second-order valence-electron chi connectivity index (χ2n) is 4.91. The van der Waals surface area contributed by atoms with Crippen LogP contribution >= 0.6 is 31.9 Å². The Bertz CT molecular complexity index is 672. The molecule has 104 valence electrons. The number of nitrogens with one attached hydrogen (secondary N) is 1. The summed E-state index contributed by atoms with van der Waals surface area (Å²) in [5, 5.41) is 3.16. The third kappa shape index (κ3) is 3.01. The van der Waals surface area contributed by atoms with Crippen molar-refractivity contribution in [2.45, 2.75) is 25.7 Å². The summed E-state index contributed by atoms with van der Waals surface area (Å²) in [6.45, 7) is 1.92. The Labute approximate surface area is 133 Å². The Morgan fingerprint density at radius 2 is 1.95 bits per heavy atom. The fourth-order valence-electron chi connectivity index (χ4n) is 1.94. The summed E-state index contributed by atoms with van der Waals surface area (Å²) in [5.74, 6) is 1.69. The number of hydrogen-bond donors (Lipinski definition) is 1. The van der Waals surface area contributed by atoms with Crippen LogP contribution in [0.15, 0.2) is 27.3 Å². The number of anilines is 2. The van der Waals surface area contributed by atoms with Crippen LogP contribution < -0.4 is 5.32 Å². The molecule has 0 radical (unpaired) electrons. The van der Waals surface area contributed by atoms with E-state index in [1.54, 1.807) is 12.1 Å². The third-order valence-electron chi connectivity index (χ3n) is 3.18. The Morgan fingerprint density at radius 1 is 1.20 bits per heavy atom. The molecular formula is C14H12Br2FN3. The van der Waals surface area contributed by atoms with Crippen LogP contribution in [0.4, 0.5) is 15.9 Å². The lowest BCUT2D eigenvalue weighted by molar-refractivity contribution is 0.621. The zero-order valence-corrected chi connectivity index (χ0v) is 13.9. The molecular weight excluding hydrogens is 389 g/mol. The summed E-state index contributed by atoms with van der Waals surface area (Å²) >= 11 is 6.57. The summed E-state index contributed by atoms with van der Waals surface area (Å²) in [7, 11) is 0. The second kappa shape index (κ2) is 5.41. The zero-order chi connectivity index (χ0) is 14.3. The van der Waals surface area contributed by atoms with Crippen molar-refractivity contribution in [1.82, 2.24) is 9.97 Å². The maximum atomic E-state index is 13.6. The van der Waals surface area contributed by atoms with Crippen molar-refractivity contribution in [2.75, 3.05) is 5.32 Å². The van der Waals surface area contributed by atoms with E-state index in [-0.39, 0.29) is 5.82 Å². The molecule has 1 heterocycles.